The molecule has 0 saturated carbocycles. The Morgan fingerprint density at radius 3 is 2.24 bits per heavy atom. The molecule has 0 aromatic carbocycles. The predicted molar refractivity (Wildman–Crippen MR) is 117 cm³/mol. The summed E-state index contributed by atoms with van der Waals surface area (Å²) in [6, 6.07) is 0. The second-order valence-corrected chi connectivity index (χ2v) is 6.88. The molecule has 146 valence electrons. The number of nitrogens with zero attached hydrogens (tertiary/aromatic N) is 6. The molecule has 0 bridgehead atoms. The smallest absolute Gasteiger partial charge is 0.116 e. The first-order valence-electron chi connectivity index (χ1n) is 9.33. The van der Waals surface area contributed by atoms with Gasteiger partial charge in [0.1, 0.15) is 11.4 Å². The van der Waals surface area contributed by atoms with Crippen molar-refractivity contribution in [2.45, 2.75) is 34.1 Å². The summed E-state index contributed by atoms with van der Waals surface area (Å²) in [5.41, 5.74) is 8.12. The van der Waals surface area contributed by atoms with Gasteiger partial charge in [-0.25, -0.2) is 15.0 Å². The van der Waals surface area contributed by atoms with Crippen molar-refractivity contribution in [1.82, 2.24) is 29.9 Å². The highest BCUT2D eigenvalue weighted by molar-refractivity contribution is 5.68. The molecule has 6 nitrogen and oxygen atoms in total. The fraction of sp³-hybridized carbons (Fsp3) is 0.217. The molecule has 6 heteroatoms. The normalized spacial score (nSPS) is 11.4. The van der Waals surface area contributed by atoms with Crippen molar-refractivity contribution in [3.63, 3.8) is 0 Å². The summed E-state index contributed by atoms with van der Waals surface area (Å²) >= 11 is 0. The van der Waals surface area contributed by atoms with Gasteiger partial charge in [-0.15, -0.1) is 0 Å². The summed E-state index contributed by atoms with van der Waals surface area (Å²) in [4.78, 5) is 27.2. The Kier molecular flexibility index (Phi) is 6.02. The molecule has 3 rings (SSSR count). The highest BCUT2D eigenvalue weighted by Crippen LogP contribution is 2.24. The van der Waals surface area contributed by atoms with Gasteiger partial charge in [0.2, 0.25) is 0 Å². The summed E-state index contributed by atoms with van der Waals surface area (Å²) in [5, 5.41) is 0. The number of aryl methyl sites for hydroxylation is 3. The number of hydrogen-bond acceptors (Lipinski definition) is 6. The zero-order chi connectivity index (χ0) is 21.0. The monoisotopic (exact) mass is 384 g/mol. The molecule has 0 amide bonds. The molecule has 0 aliphatic carbocycles. The van der Waals surface area contributed by atoms with Crippen LogP contribution in [0.15, 0.2) is 37.3 Å². The fourth-order valence-corrected chi connectivity index (χ4v) is 2.96. The zero-order valence-corrected chi connectivity index (χ0v) is 17.3. The maximum atomic E-state index is 4.73. The van der Waals surface area contributed by atoms with Crippen molar-refractivity contribution in [2.75, 3.05) is 0 Å². The lowest BCUT2D eigenvalue weighted by Gasteiger charge is -2.11. The van der Waals surface area contributed by atoms with E-state index in [9.17, 15) is 0 Å². The van der Waals surface area contributed by atoms with E-state index in [0.717, 1.165) is 39.7 Å². The predicted octanol–water partition coefficient (Wildman–Crippen LogP) is 4.58. The van der Waals surface area contributed by atoms with Gasteiger partial charge in [0.25, 0.3) is 0 Å². The van der Waals surface area contributed by atoms with Crippen LogP contribution in [0.4, 0.5) is 0 Å². The average Bonchev–Trinajstić information content (AvgIpc) is 2.71. The van der Waals surface area contributed by atoms with Gasteiger partial charge in [0.15, 0.2) is 0 Å². The lowest BCUT2D eigenvalue weighted by atomic mass is 10.1. The van der Waals surface area contributed by atoms with Gasteiger partial charge in [-0.2, -0.15) is 0 Å². The number of allylic oxidation sites excluding steroid dienone is 1. The van der Waals surface area contributed by atoms with Gasteiger partial charge in [-0.3, -0.25) is 15.0 Å². The molecule has 0 aliphatic rings. The Labute approximate surface area is 171 Å². The van der Waals surface area contributed by atoms with E-state index in [4.69, 9.17) is 4.98 Å². The van der Waals surface area contributed by atoms with Gasteiger partial charge in [-0.05, 0) is 45.9 Å². The molecule has 3 aromatic rings. The molecule has 3 heterocycles. The molecular formula is C23H24N6. The molecule has 3 aromatic heterocycles. The standard InChI is InChI=1S/C23H24N6/c1-7-20-16(5)28-22(17(6)27-20)23-21(8-2)29-19(13-26-23)10-14(3)9-18-12-24-15(4)11-25-18/h7-9,11-13H,1-2,10H2,3-6H3/b14-9-. The first-order chi connectivity index (χ1) is 13.9. The van der Waals surface area contributed by atoms with Crippen LogP contribution in [0.5, 0.6) is 0 Å². The van der Waals surface area contributed by atoms with Gasteiger partial charge in [0, 0.05) is 18.8 Å². The Morgan fingerprint density at radius 2 is 1.59 bits per heavy atom. The van der Waals surface area contributed by atoms with Crippen LogP contribution in [0.3, 0.4) is 0 Å². The third-order valence-electron chi connectivity index (χ3n) is 4.40. The van der Waals surface area contributed by atoms with E-state index < -0.39 is 0 Å². The van der Waals surface area contributed by atoms with Crippen LogP contribution in [0.2, 0.25) is 0 Å². The van der Waals surface area contributed by atoms with Gasteiger partial charge in [0.05, 0.1) is 46.1 Å². The highest BCUT2D eigenvalue weighted by Gasteiger charge is 2.14. The van der Waals surface area contributed by atoms with Crippen molar-refractivity contribution >= 4 is 18.2 Å². The molecule has 0 aliphatic heterocycles. The minimum atomic E-state index is 0.656. The largest absolute Gasteiger partial charge is 0.258 e. The number of hydrogen-bond donors (Lipinski definition) is 0. The quantitative estimate of drug-likeness (QED) is 0.619. The van der Waals surface area contributed by atoms with Crippen molar-refractivity contribution in [1.29, 1.82) is 0 Å². The van der Waals surface area contributed by atoms with E-state index in [1.54, 1.807) is 30.7 Å². The van der Waals surface area contributed by atoms with Crippen LogP contribution in [0.25, 0.3) is 29.6 Å². The van der Waals surface area contributed by atoms with E-state index in [1.807, 2.05) is 33.8 Å². The summed E-state index contributed by atoms with van der Waals surface area (Å²) in [5.74, 6) is 0. The minimum Gasteiger partial charge on any atom is -0.258 e. The maximum absolute atomic E-state index is 4.73. The van der Waals surface area contributed by atoms with Crippen molar-refractivity contribution in [3.8, 4) is 11.4 Å². The summed E-state index contributed by atoms with van der Waals surface area (Å²) in [7, 11) is 0. The van der Waals surface area contributed by atoms with Crippen molar-refractivity contribution in [2.24, 2.45) is 0 Å². The molecule has 0 unspecified atom stereocenters. The van der Waals surface area contributed by atoms with E-state index in [1.165, 1.54) is 0 Å². The van der Waals surface area contributed by atoms with Crippen LogP contribution < -0.4 is 0 Å². The second kappa shape index (κ2) is 8.65. The second-order valence-electron chi connectivity index (χ2n) is 6.88. The molecule has 0 saturated heterocycles. The van der Waals surface area contributed by atoms with E-state index in [2.05, 4.69) is 38.1 Å². The minimum absolute atomic E-state index is 0.656. The zero-order valence-electron chi connectivity index (χ0n) is 17.3. The summed E-state index contributed by atoms with van der Waals surface area (Å²) in [6.07, 6.45) is 11.4. The summed E-state index contributed by atoms with van der Waals surface area (Å²) < 4.78 is 0. The van der Waals surface area contributed by atoms with Gasteiger partial charge in [-0.1, -0.05) is 18.7 Å². The third kappa shape index (κ3) is 4.66. The van der Waals surface area contributed by atoms with E-state index in [-0.39, 0.29) is 0 Å². The van der Waals surface area contributed by atoms with Crippen molar-refractivity contribution < 1.29 is 0 Å². The topological polar surface area (TPSA) is 77.3 Å². The molecule has 0 atom stereocenters. The fourth-order valence-electron chi connectivity index (χ4n) is 2.96. The number of aromatic nitrogens is 6. The molecule has 0 N–H and O–H groups in total. The Hall–Kier alpha value is -3.54. The average molecular weight is 384 g/mol. The SMILES string of the molecule is C=Cc1nc(C)c(-c2ncc(C/C(C)=C\c3cnc(C)cn3)nc2C=C)nc1C. The third-order valence-corrected chi connectivity index (χ3v) is 4.40. The molecule has 0 spiro atoms. The van der Waals surface area contributed by atoms with Crippen LogP contribution >= 0.6 is 0 Å². The van der Waals surface area contributed by atoms with Crippen LogP contribution in [0, 0.1) is 20.8 Å². The van der Waals surface area contributed by atoms with Gasteiger partial charge < -0.3 is 0 Å². The van der Waals surface area contributed by atoms with E-state index in [0.29, 0.717) is 23.5 Å². The lowest BCUT2D eigenvalue weighted by Crippen LogP contribution is -2.04. The molecular weight excluding hydrogens is 360 g/mol. The highest BCUT2D eigenvalue weighted by atomic mass is 14.9. The number of rotatable bonds is 6. The van der Waals surface area contributed by atoms with Crippen LogP contribution in [-0.2, 0) is 6.42 Å². The van der Waals surface area contributed by atoms with E-state index >= 15 is 0 Å². The Morgan fingerprint density at radius 1 is 0.828 bits per heavy atom. The molecule has 29 heavy (non-hydrogen) atoms. The Balaban J connectivity index is 1.91. The van der Waals surface area contributed by atoms with Crippen LogP contribution in [-0.4, -0.2) is 29.9 Å². The van der Waals surface area contributed by atoms with Crippen molar-refractivity contribution in [3.05, 3.63) is 77.2 Å². The summed E-state index contributed by atoms with van der Waals surface area (Å²) in [6.45, 7) is 15.5. The first kappa shape index (κ1) is 20.2. The Bertz CT molecular complexity index is 1100. The molecule has 0 fully saturated rings. The van der Waals surface area contributed by atoms with Crippen LogP contribution in [0.1, 0.15) is 46.8 Å². The lowest BCUT2D eigenvalue weighted by molar-refractivity contribution is 0.989. The maximum Gasteiger partial charge on any atom is 0.116 e. The molecule has 0 radical (unpaired) electrons. The first-order valence-corrected chi connectivity index (χ1v) is 9.33. The van der Waals surface area contributed by atoms with Gasteiger partial charge >= 0.3 is 0 Å².